The van der Waals surface area contributed by atoms with Crippen molar-refractivity contribution in [2.45, 2.75) is 18.0 Å². The number of carbonyl (C=O) groups excluding carboxylic acids is 1. The third kappa shape index (κ3) is 5.05. The van der Waals surface area contributed by atoms with E-state index in [1.54, 1.807) is 6.92 Å². The first kappa shape index (κ1) is 21.1. The lowest BCUT2D eigenvalue weighted by molar-refractivity contribution is -0.141. The molecule has 1 aromatic carbocycles. The predicted octanol–water partition coefficient (Wildman–Crippen LogP) is 2.65. The molecule has 3 aromatic rings. The molecule has 2 heterocycles. The summed E-state index contributed by atoms with van der Waals surface area (Å²) in [7, 11) is -4.26. The third-order valence-electron chi connectivity index (χ3n) is 3.61. The smallest absolute Gasteiger partial charge is 0.321 e. The number of nitrogens with zero attached hydrogens (tertiary/aromatic N) is 4. The van der Waals surface area contributed by atoms with Gasteiger partial charge in [-0.1, -0.05) is 0 Å². The maximum absolute atomic E-state index is 12.7. The zero-order valence-electron chi connectivity index (χ0n) is 15.2. The molecule has 0 bridgehead atoms. The van der Waals surface area contributed by atoms with Gasteiger partial charge in [-0.25, -0.2) is 28.1 Å². The minimum absolute atomic E-state index is 0.0701. The molecule has 0 aliphatic rings. The summed E-state index contributed by atoms with van der Waals surface area (Å²) in [6.07, 6.45) is -1.24. The van der Waals surface area contributed by atoms with Crippen molar-refractivity contribution in [1.82, 2.24) is 19.9 Å². The first-order valence-corrected chi connectivity index (χ1v) is 9.66. The Morgan fingerprint density at radius 1 is 1.00 bits per heavy atom. The summed E-state index contributed by atoms with van der Waals surface area (Å²) in [5, 5.41) is 2.52. The molecule has 0 fully saturated rings. The van der Waals surface area contributed by atoms with Crippen molar-refractivity contribution in [2.75, 3.05) is 10.0 Å². The molecule has 156 valence electrons. The van der Waals surface area contributed by atoms with Crippen LogP contribution in [-0.2, 0) is 16.2 Å². The average Bonchev–Trinajstić information content (AvgIpc) is 2.68. The summed E-state index contributed by atoms with van der Waals surface area (Å²) in [6, 6.07) is 5.55. The van der Waals surface area contributed by atoms with Crippen molar-refractivity contribution < 1.29 is 26.4 Å². The van der Waals surface area contributed by atoms with Crippen LogP contribution in [0.5, 0.6) is 0 Å². The van der Waals surface area contributed by atoms with E-state index < -0.39 is 33.7 Å². The number of rotatable bonds is 5. The number of benzene rings is 1. The second-order valence-electron chi connectivity index (χ2n) is 5.89. The molecule has 0 atom stereocenters. The summed E-state index contributed by atoms with van der Waals surface area (Å²) in [4.78, 5) is 26.4. The van der Waals surface area contributed by atoms with E-state index >= 15 is 0 Å². The molecule has 1 amide bonds. The minimum Gasteiger partial charge on any atom is -0.321 e. The number of carbonyl (C=O) groups is 1. The SMILES string of the molecule is Cc1cnc(C(=O)Nc2ccc(S(=O)(=O)Nc3nccc(C(F)(F)F)n3)cc2)cn1. The number of sulfonamides is 1. The zero-order chi connectivity index (χ0) is 21.9. The van der Waals surface area contributed by atoms with Crippen molar-refractivity contribution in [2.24, 2.45) is 0 Å². The quantitative estimate of drug-likeness (QED) is 0.627. The molecular weight excluding hydrogens is 425 g/mol. The van der Waals surface area contributed by atoms with Crippen LogP contribution in [0.15, 0.2) is 53.8 Å². The molecule has 3 rings (SSSR count). The van der Waals surface area contributed by atoms with Gasteiger partial charge in [-0.15, -0.1) is 0 Å². The summed E-state index contributed by atoms with van der Waals surface area (Å²) in [5.41, 5.74) is -0.303. The molecular formula is C17H13F3N6O3S. The molecule has 0 aliphatic heterocycles. The lowest BCUT2D eigenvalue weighted by Gasteiger charge is -2.10. The van der Waals surface area contributed by atoms with Gasteiger partial charge < -0.3 is 5.32 Å². The Bertz CT molecular complexity index is 1170. The van der Waals surface area contributed by atoms with Gasteiger partial charge in [0, 0.05) is 18.1 Å². The Morgan fingerprint density at radius 2 is 1.70 bits per heavy atom. The highest BCUT2D eigenvalue weighted by Gasteiger charge is 2.33. The van der Waals surface area contributed by atoms with E-state index in [4.69, 9.17) is 0 Å². The standard InChI is InChI=1S/C17H13F3N6O3S/c1-10-8-23-13(9-22-10)15(27)24-11-2-4-12(5-3-11)30(28,29)26-16-21-7-6-14(25-16)17(18,19)20/h2-9H,1H3,(H,24,27)(H,21,25,26). The van der Waals surface area contributed by atoms with Gasteiger partial charge in [0.1, 0.15) is 11.4 Å². The average molecular weight is 438 g/mol. The maximum Gasteiger partial charge on any atom is 0.433 e. The van der Waals surface area contributed by atoms with Gasteiger partial charge in [-0.05, 0) is 37.3 Å². The van der Waals surface area contributed by atoms with Crippen LogP contribution in [-0.4, -0.2) is 34.3 Å². The van der Waals surface area contributed by atoms with E-state index in [-0.39, 0.29) is 16.3 Å². The first-order valence-electron chi connectivity index (χ1n) is 8.18. The number of hydrogen-bond donors (Lipinski definition) is 2. The van der Waals surface area contributed by atoms with E-state index in [2.05, 4.69) is 25.3 Å². The Morgan fingerprint density at radius 3 is 2.30 bits per heavy atom. The molecule has 2 N–H and O–H groups in total. The Kier molecular flexibility index (Phi) is 5.64. The highest BCUT2D eigenvalue weighted by molar-refractivity contribution is 7.92. The normalized spacial score (nSPS) is 11.7. The fraction of sp³-hybridized carbons (Fsp3) is 0.118. The molecule has 0 radical (unpaired) electrons. The van der Waals surface area contributed by atoms with Crippen molar-refractivity contribution in [3.8, 4) is 0 Å². The number of aryl methyl sites for hydroxylation is 1. The van der Waals surface area contributed by atoms with E-state index in [0.717, 1.165) is 18.3 Å². The zero-order valence-corrected chi connectivity index (χ0v) is 16.0. The van der Waals surface area contributed by atoms with Crippen LogP contribution in [0.1, 0.15) is 21.9 Å². The maximum atomic E-state index is 12.7. The predicted molar refractivity (Wildman–Crippen MR) is 99.0 cm³/mol. The Balaban J connectivity index is 1.73. The van der Waals surface area contributed by atoms with Crippen LogP contribution in [0.25, 0.3) is 0 Å². The molecule has 0 spiro atoms. The van der Waals surface area contributed by atoms with Gasteiger partial charge in [-0.2, -0.15) is 13.2 Å². The second kappa shape index (κ2) is 8.02. The number of hydrogen-bond acceptors (Lipinski definition) is 7. The van der Waals surface area contributed by atoms with Gasteiger partial charge in [0.25, 0.3) is 15.9 Å². The summed E-state index contributed by atoms with van der Waals surface area (Å²) in [5.74, 6) is -1.27. The summed E-state index contributed by atoms with van der Waals surface area (Å²) < 4.78 is 64.7. The fourth-order valence-corrected chi connectivity index (χ4v) is 3.12. The highest BCUT2D eigenvalue weighted by Crippen LogP contribution is 2.28. The lowest BCUT2D eigenvalue weighted by atomic mass is 10.3. The summed E-state index contributed by atoms with van der Waals surface area (Å²) >= 11 is 0. The molecule has 30 heavy (non-hydrogen) atoms. The number of aromatic nitrogens is 4. The van der Waals surface area contributed by atoms with E-state index in [1.807, 2.05) is 4.72 Å². The minimum atomic E-state index is -4.75. The van der Waals surface area contributed by atoms with Crippen molar-refractivity contribution in [3.05, 3.63) is 66.0 Å². The molecule has 0 saturated carbocycles. The third-order valence-corrected chi connectivity index (χ3v) is 4.95. The van der Waals surface area contributed by atoms with Crippen molar-refractivity contribution in [3.63, 3.8) is 0 Å². The van der Waals surface area contributed by atoms with Crippen LogP contribution >= 0.6 is 0 Å². The van der Waals surface area contributed by atoms with Crippen molar-refractivity contribution in [1.29, 1.82) is 0 Å². The largest absolute Gasteiger partial charge is 0.433 e. The van der Waals surface area contributed by atoms with Gasteiger partial charge in [-0.3, -0.25) is 9.78 Å². The van der Waals surface area contributed by atoms with Crippen LogP contribution in [0, 0.1) is 6.92 Å². The van der Waals surface area contributed by atoms with Crippen LogP contribution in [0.3, 0.4) is 0 Å². The van der Waals surface area contributed by atoms with Gasteiger partial charge >= 0.3 is 6.18 Å². The monoisotopic (exact) mass is 438 g/mol. The van der Waals surface area contributed by atoms with Gasteiger partial charge in [0.05, 0.1) is 16.8 Å². The summed E-state index contributed by atoms with van der Waals surface area (Å²) in [6.45, 7) is 1.71. The van der Waals surface area contributed by atoms with E-state index in [9.17, 15) is 26.4 Å². The molecule has 0 unspecified atom stereocenters. The Labute approximate surface area is 168 Å². The molecule has 13 heteroatoms. The molecule has 0 aliphatic carbocycles. The van der Waals surface area contributed by atoms with Crippen LogP contribution < -0.4 is 10.0 Å². The topological polar surface area (TPSA) is 127 Å². The molecule has 0 saturated heterocycles. The van der Waals surface area contributed by atoms with Gasteiger partial charge in [0.2, 0.25) is 5.95 Å². The fourth-order valence-electron chi connectivity index (χ4n) is 2.17. The highest BCUT2D eigenvalue weighted by atomic mass is 32.2. The molecule has 9 nitrogen and oxygen atoms in total. The lowest BCUT2D eigenvalue weighted by Crippen LogP contribution is -2.17. The molecule has 2 aromatic heterocycles. The number of halogens is 3. The van der Waals surface area contributed by atoms with E-state index in [1.165, 1.54) is 24.5 Å². The van der Waals surface area contributed by atoms with Crippen molar-refractivity contribution >= 4 is 27.6 Å². The number of amides is 1. The van der Waals surface area contributed by atoms with Gasteiger partial charge in [0.15, 0.2) is 0 Å². The number of anilines is 2. The van der Waals surface area contributed by atoms with Crippen LogP contribution in [0.2, 0.25) is 0 Å². The Hall–Kier alpha value is -3.61. The number of nitrogens with one attached hydrogen (secondary N) is 2. The second-order valence-corrected chi connectivity index (χ2v) is 7.57. The van der Waals surface area contributed by atoms with Crippen LogP contribution in [0.4, 0.5) is 24.8 Å². The van der Waals surface area contributed by atoms with E-state index in [0.29, 0.717) is 11.8 Å². The number of alkyl halides is 3. The first-order chi connectivity index (χ1) is 14.0.